The summed E-state index contributed by atoms with van der Waals surface area (Å²) < 4.78 is 0. The molecule has 0 atom stereocenters. The van der Waals surface area contributed by atoms with Crippen molar-refractivity contribution in [1.82, 2.24) is 0 Å². The molecule has 0 saturated heterocycles. The van der Waals surface area contributed by atoms with Crippen molar-refractivity contribution < 1.29 is 0 Å². The quantitative estimate of drug-likeness (QED) is 0.584. The third kappa shape index (κ3) is 1.50. The van der Waals surface area contributed by atoms with Crippen LogP contribution in [-0.4, -0.2) is 0 Å². The smallest absolute Gasteiger partial charge is 0.0319 e. The molecule has 1 nitrogen and oxygen atoms in total. The van der Waals surface area contributed by atoms with Gasteiger partial charge in [0.15, 0.2) is 0 Å². The van der Waals surface area contributed by atoms with Crippen molar-refractivity contribution in [2.75, 3.05) is 5.73 Å². The highest BCUT2D eigenvalue weighted by molar-refractivity contribution is 5.44. The van der Waals surface area contributed by atoms with Gasteiger partial charge in [-0.05, 0) is 43.5 Å². The van der Waals surface area contributed by atoms with Gasteiger partial charge in [0.1, 0.15) is 0 Å². The number of hydrogen-bond donors (Lipinski definition) is 1. The van der Waals surface area contributed by atoms with Crippen LogP contribution in [0.1, 0.15) is 11.1 Å². The van der Waals surface area contributed by atoms with Crippen LogP contribution < -0.4 is 5.73 Å². The molecular weight excluding hydrogens is 122 g/mol. The first-order valence-electron chi connectivity index (χ1n) is 3.37. The second-order valence-electron chi connectivity index (χ2n) is 2.50. The number of anilines is 1. The molecule has 0 aliphatic carbocycles. The fourth-order valence-corrected chi connectivity index (χ4v) is 1.04. The van der Waals surface area contributed by atoms with Crippen molar-refractivity contribution in [3.8, 4) is 0 Å². The van der Waals surface area contributed by atoms with Crippen molar-refractivity contribution in [2.45, 2.75) is 13.3 Å². The van der Waals surface area contributed by atoms with E-state index >= 15 is 0 Å². The standard InChI is InChI=1S/C9H12N/c1-3-8-4-7(2)5-9(10)6-8/h4-6H,1,3,10H2,2H3. The van der Waals surface area contributed by atoms with Gasteiger partial charge in [-0.15, -0.1) is 0 Å². The summed E-state index contributed by atoms with van der Waals surface area (Å²) >= 11 is 0. The van der Waals surface area contributed by atoms with Crippen molar-refractivity contribution in [3.05, 3.63) is 36.2 Å². The minimum Gasteiger partial charge on any atom is -0.399 e. The molecule has 0 aliphatic rings. The van der Waals surface area contributed by atoms with Crippen LogP contribution in [0.15, 0.2) is 18.2 Å². The Labute approximate surface area is 61.9 Å². The highest BCUT2D eigenvalue weighted by Crippen LogP contribution is 2.10. The lowest BCUT2D eigenvalue weighted by Crippen LogP contribution is -1.89. The van der Waals surface area contributed by atoms with E-state index in [1.807, 2.05) is 19.1 Å². The molecule has 0 fully saturated rings. The second kappa shape index (κ2) is 2.74. The number of benzene rings is 1. The van der Waals surface area contributed by atoms with E-state index in [2.05, 4.69) is 13.0 Å². The van der Waals surface area contributed by atoms with E-state index in [9.17, 15) is 0 Å². The maximum Gasteiger partial charge on any atom is 0.0319 e. The van der Waals surface area contributed by atoms with Gasteiger partial charge in [0.2, 0.25) is 0 Å². The molecule has 1 heteroatoms. The second-order valence-corrected chi connectivity index (χ2v) is 2.50. The average Bonchev–Trinajstić information content (AvgIpc) is 1.85. The molecule has 0 spiro atoms. The number of nitrogens with two attached hydrogens (primary N) is 1. The largest absolute Gasteiger partial charge is 0.399 e. The molecule has 0 saturated carbocycles. The third-order valence-electron chi connectivity index (χ3n) is 1.45. The topological polar surface area (TPSA) is 26.0 Å². The Bertz CT molecular complexity index is 208. The summed E-state index contributed by atoms with van der Waals surface area (Å²) in [4.78, 5) is 0. The molecule has 1 rings (SSSR count). The third-order valence-corrected chi connectivity index (χ3v) is 1.45. The minimum absolute atomic E-state index is 0.811. The maximum absolute atomic E-state index is 5.61. The number of hydrogen-bond acceptors (Lipinski definition) is 1. The lowest BCUT2D eigenvalue weighted by molar-refractivity contribution is 1.25. The lowest BCUT2D eigenvalue weighted by Gasteiger charge is -2.00. The monoisotopic (exact) mass is 134 g/mol. The zero-order chi connectivity index (χ0) is 7.56. The molecule has 0 aliphatic heterocycles. The predicted molar refractivity (Wildman–Crippen MR) is 44.7 cm³/mol. The molecule has 0 heterocycles. The Balaban J connectivity index is 3.06. The van der Waals surface area contributed by atoms with Crippen LogP contribution in [0.3, 0.4) is 0 Å². The molecule has 1 aromatic rings. The summed E-state index contributed by atoms with van der Waals surface area (Å²) in [5.41, 5.74) is 8.85. The van der Waals surface area contributed by atoms with Crippen LogP contribution in [0.2, 0.25) is 0 Å². The first-order chi connectivity index (χ1) is 4.72. The average molecular weight is 134 g/mol. The van der Waals surface area contributed by atoms with Gasteiger partial charge in [0, 0.05) is 5.69 Å². The van der Waals surface area contributed by atoms with Crippen LogP contribution in [0.25, 0.3) is 0 Å². The molecule has 0 aromatic heterocycles. The summed E-state index contributed by atoms with van der Waals surface area (Å²) in [6, 6.07) is 6.02. The Kier molecular flexibility index (Phi) is 1.95. The van der Waals surface area contributed by atoms with E-state index in [1.54, 1.807) is 0 Å². The molecule has 1 radical (unpaired) electrons. The molecular formula is C9H12N. The van der Waals surface area contributed by atoms with Gasteiger partial charge in [-0.3, -0.25) is 0 Å². The van der Waals surface area contributed by atoms with Crippen molar-refractivity contribution in [3.63, 3.8) is 0 Å². The van der Waals surface area contributed by atoms with Gasteiger partial charge < -0.3 is 5.73 Å². The van der Waals surface area contributed by atoms with Gasteiger partial charge in [0.05, 0.1) is 0 Å². The van der Waals surface area contributed by atoms with Gasteiger partial charge in [-0.2, -0.15) is 0 Å². The van der Waals surface area contributed by atoms with E-state index in [0.29, 0.717) is 0 Å². The summed E-state index contributed by atoms with van der Waals surface area (Å²) in [5, 5.41) is 0. The van der Waals surface area contributed by atoms with Gasteiger partial charge in [0.25, 0.3) is 0 Å². The molecule has 1 aromatic carbocycles. The lowest BCUT2D eigenvalue weighted by atomic mass is 10.1. The normalized spacial score (nSPS) is 9.80. The van der Waals surface area contributed by atoms with E-state index in [0.717, 1.165) is 12.1 Å². The Morgan fingerprint density at radius 2 is 2.10 bits per heavy atom. The highest BCUT2D eigenvalue weighted by Gasteiger charge is 1.91. The van der Waals surface area contributed by atoms with Gasteiger partial charge in [-0.25, -0.2) is 0 Å². The zero-order valence-corrected chi connectivity index (χ0v) is 6.22. The van der Waals surface area contributed by atoms with E-state index in [1.165, 1.54) is 11.1 Å². The molecule has 0 unspecified atom stereocenters. The number of aryl methyl sites for hydroxylation is 1. The molecule has 10 heavy (non-hydrogen) atoms. The van der Waals surface area contributed by atoms with E-state index in [-0.39, 0.29) is 0 Å². The number of nitrogen functional groups attached to an aromatic ring is 1. The first-order valence-corrected chi connectivity index (χ1v) is 3.37. The van der Waals surface area contributed by atoms with Crippen LogP contribution in [0, 0.1) is 13.8 Å². The van der Waals surface area contributed by atoms with Crippen LogP contribution in [-0.2, 0) is 6.42 Å². The Hall–Kier alpha value is -0.980. The Morgan fingerprint density at radius 1 is 1.40 bits per heavy atom. The molecule has 0 amide bonds. The predicted octanol–water partition coefficient (Wildman–Crippen LogP) is 1.95. The van der Waals surface area contributed by atoms with Crippen LogP contribution in [0.4, 0.5) is 5.69 Å². The maximum atomic E-state index is 5.61. The van der Waals surface area contributed by atoms with Gasteiger partial charge >= 0.3 is 0 Å². The van der Waals surface area contributed by atoms with Crippen molar-refractivity contribution >= 4 is 5.69 Å². The Morgan fingerprint density at radius 3 is 2.60 bits per heavy atom. The van der Waals surface area contributed by atoms with Crippen LogP contribution in [0.5, 0.6) is 0 Å². The van der Waals surface area contributed by atoms with E-state index < -0.39 is 0 Å². The zero-order valence-electron chi connectivity index (χ0n) is 6.22. The van der Waals surface area contributed by atoms with Crippen molar-refractivity contribution in [2.24, 2.45) is 0 Å². The fraction of sp³-hybridized carbons (Fsp3) is 0.222. The summed E-state index contributed by atoms with van der Waals surface area (Å²) in [7, 11) is 0. The SMILES string of the molecule is [CH2]Cc1cc(C)cc(N)c1. The van der Waals surface area contributed by atoms with Gasteiger partial charge in [-0.1, -0.05) is 6.07 Å². The molecule has 2 N–H and O–H groups in total. The molecule has 0 bridgehead atoms. The van der Waals surface area contributed by atoms with Crippen molar-refractivity contribution in [1.29, 1.82) is 0 Å². The minimum atomic E-state index is 0.811. The molecule has 53 valence electrons. The summed E-state index contributed by atoms with van der Waals surface area (Å²) in [6.45, 7) is 5.82. The summed E-state index contributed by atoms with van der Waals surface area (Å²) in [6.07, 6.45) is 0.811. The summed E-state index contributed by atoms with van der Waals surface area (Å²) in [5.74, 6) is 0. The fourth-order valence-electron chi connectivity index (χ4n) is 1.04. The van der Waals surface area contributed by atoms with Crippen LogP contribution >= 0.6 is 0 Å². The number of rotatable bonds is 1. The first kappa shape index (κ1) is 7.13. The highest BCUT2D eigenvalue weighted by atomic mass is 14.5. The van der Waals surface area contributed by atoms with E-state index in [4.69, 9.17) is 5.73 Å².